The number of carbonyl (C=O) groups is 1. The van der Waals surface area contributed by atoms with Crippen LogP contribution in [0.3, 0.4) is 0 Å². The second kappa shape index (κ2) is 5.27. The van der Waals surface area contributed by atoms with Gasteiger partial charge in [-0.3, -0.25) is 4.79 Å². The van der Waals surface area contributed by atoms with Gasteiger partial charge in [-0.05, 0) is 24.8 Å². The molecule has 5 N–H and O–H groups in total. The van der Waals surface area contributed by atoms with E-state index in [1.54, 1.807) is 10.7 Å². The van der Waals surface area contributed by atoms with Crippen LogP contribution in [0.4, 0.5) is 11.4 Å². The molecule has 2 aromatic heterocycles. The van der Waals surface area contributed by atoms with Crippen molar-refractivity contribution in [3.63, 3.8) is 0 Å². The third-order valence-corrected chi connectivity index (χ3v) is 4.36. The molecule has 0 unspecified atom stereocenters. The predicted octanol–water partition coefficient (Wildman–Crippen LogP) is 2.01. The highest BCUT2D eigenvalue weighted by molar-refractivity contribution is 6.02. The van der Waals surface area contributed by atoms with Crippen LogP contribution in [0.2, 0.25) is 0 Å². The topological polar surface area (TPSA) is 98.4 Å². The van der Waals surface area contributed by atoms with Crippen molar-refractivity contribution < 1.29 is 4.79 Å². The van der Waals surface area contributed by atoms with Gasteiger partial charge in [0.25, 0.3) is 5.91 Å². The van der Waals surface area contributed by atoms with Crippen molar-refractivity contribution in [1.29, 1.82) is 0 Å². The fourth-order valence-electron chi connectivity index (χ4n) is 3.13. The Kier molecular flexibility index (Phi) is 3.45. The van der Waals surface area contributed by atoms with Crippen LogP contribution in [-0.4, -0.2) is 21.6 Å². The summed E-state index contributed by atoms with van der Waals surface area (Å²) < 4.78 is 1.68. The van der Waals surface area contributed by atoms with Crippen molar-refractivity contribution in [3.05, 3.63) is 24.0 Å². The van der Waals surface area contributed by atoms with Crippen molar-refractivity contribution in [2.45, 2.75) is 38.6 Å². The van der Waals surface area contributed by atoms with Gasteiger partial charge in [0, 0.05) is 6.04 Å². The van der Waals surface area contributed by atoms with Crippen LogP contribution in [0, 0.1) is 5.92 Å². The molecule has 3 rings (SSSR count). The van der Waals surface area contributed by atoms with Crippen molar-refractivity contribution in [1.82, 2.24) is 9.61 Å². The lowest BCUT2D eigenvalue weighted by Gasteiger charge is -2.31. The monoisotopic (exact) mass is 287 g/mol. The number of nitrogens with one attached hydrogen (secondary N) is 1. The zero-order chi connectivity index (χ0) is 15.0. The zero-order valence-electron chi connectivity index (χ0n) is 12.2. The Balaban J connectivity index is 2.05. The lowest BCUT2D eigenvalue weighted by Crippen LogP contribution is -2.31. The molecule has 0 saturated heterocycles. The van der Waals surface area contributed by atoms with Gasteiger partial charge < -0.3 is 16.8 Å². The van der Waals surface area contributed by atoms with Crippen LogP contribution in [0.15, 0.2) is 18.5 Å². The maximum atomic E-state index is 11.7. The number of carbonyl (C=O) groups excluding carboxylic acids is 1. The maximum Gasteiger partial charge on any atom is 0.252 e. The number of hydrogen-bond donors (Lipinski definition) is 3. The van der Waals surface area contributed by atoms with E-state index < -0.39 is 5.91 Å². The summed E-state index contributed by atoms with van der Waals surface area (Å²) in [5, 5.41) is 7.71. The summed E-state index contributed by atoms with van der Waals surface area (Å²) in [5.41, 5.74) is 13.9. The minimum absolute atomic E-state index is 0.346. The molecule has 0 radical (unpaired) electrons. The standard InChI is InChI=1S/C15H21N5O/c1-9-4-2-3-5-12(9)19-14-11(15(17)21)7-18-20-8-10(16)6-13(14)20/h6-9,12,19H,2-5,16H2,1H3,(H2,17,21)/t9-,12+/m0/s1. The molecule has 1 saturated carbocycles. The van der Waals surface area contributed by atoms with Gasteiger partial charge in [0.05, 0.1) is 34.8 Å². The van der Waals surface area contributed by atoms with Crippen molar-refractivity contribution >= 4 is 22.8 Å². The quantitative estimate of drug-likeness (QED) is 0.804. The molecule has 6 heteroatoms. The lowest BCUT2D eigenvalue weighted by molar-refractivity contribution is 0.100. The summed E-state index contributed by atoms with van der Waals surface area (Å²) in [7, 11) is 0. The highest BCUT2D eigenvalue weighted by atomic mass is 16.1. The third kappa shape index (κ3) is 2.53. The molecule has 1 fully saturated rings. The van der Waals surface area contributed by atoms with Gasteiger partial charge in [0.2, 0.25) is 0 Å². The van der Waals surface area contributed by atoms with Crippen LogP contribution < -0.4 is 16.8 Å². The van der Waals surface area contributed by atoms with E-state index in [0.29, 0.717) is 23.2 Å². The second-order valence-electron chi connectivity index (χ2n) is 5.91. The molecule has 0 bridgehead atoms. The normalized spacial score (nSPS) is 22.3. The number of primary amides is 1. The minimum Gasteiger partial charge on any atom is -0.397 e. The lowest BCUT2D eigenvalue weighted by atomic mass is 9.85. The Morgan fingerprint density at radius 3 is 2.90 bits per heavy atom. The number of aromatic nitrogens is 2. The molecule has 1 aliphatic carbocycles. The molecule has 2 atom stereocenters. The summed E-state index contributed by atoms with van der Waals surface area (Å²) >= 11 is 0. The molecule has 1 aliphatic rings. The summed E-state index contributed by atoms with van der Waals surface area (Å²) in [6.07, 6.45) is 8.02. The first kappa shape index (κ1) is 13.7. The van der Waals surface area contributed by atoms with E-state index in [4.69, 9.17) is 11.5 Å². The van der Waals surface area contributed by atoms with E-state index in [1.807, 2.05) is 6.07 Å². The first-order chi connectivity index (χ1) is 10.1. The number of anilines is 2. The van der Waals surface area contributed by atoms with Crippen LogP contribution in [0.25, 0.3) is 5.52 Å². The van der Waals surface area contributed by atoms with E-state index in [2.05, 4.69) is 17.3 Å². The smallest absolute Gasteiger partial charge is 0.252 e. The molecule has 0 spiro atoms. The van der Waals surface area contributed by atoms with Gasteiger partial charge in [-0.2, -0.15) is 5.10 Å². The number of hydrogen-bond acceptors (Lipinski definition) is 4. The Labute approximate surface area is 123 Å². The van der Waals surface area contributed by atoms with E-state index in [-0.39, 0.29) is 0 Å². The molecule has 2 heterocycles. The largest absolute Gasteiger partial charge is 0.397 e. The van der Waals surface area contributed by atoms with Crippen molar-refractivity contribution in [3.8, 4) is 0 Å². The number of amides is 1. The average molecular weight is 287 g/mol. The molecule has 2 aromatic rings. The third-order valence-electron chi connectivity index (χ3n) is 4.36. The summed E-state index contributed by atoms with van der Waals surface area (Å²) in [6, 6.07) is 2.16. The molecule has 1 amide bonds. The van der Waals surface area contributed by atoms with E-state index in [1.165, 1.54) is 25.5 Å². The van der Waals surface area contributed by atoms with Gasteiger partial charge in [0.15, 0.2) is 0 Å². The number of fused-ring (bicyclic) bond motifs is 1. The van der Waals surface area contributed by atoms with Crippen LogP contribution in [-0.2, 0) is 0 Å². The number of nitrogen functional groups attached to an aromatic ring is 1. The number of rotatable bonds is 3. The molecule has 0 aromatic carbocycles. The maximum absolute atomic E-state index is 11.7. The van der Waals surface area contributed by atoms with E-state index in [9.17, 15) is 4.79 Å². The Morgan fingerprint density at radius 1 is 1.43 bits per heavy atom. The minimum atomic E-state index is -0.476. The van der Waals surface area contributed by atoms with E-state index in [0.717, 1.165) is 17.6 Å². The predicted molar refractivity (Wildman–Crippen MR) is 83.2 cm³/mol. The second-order valence-corrected chi connectivity index (χ2v) is 5.91. The first-order valence-corrected chi connectivity index (χ1v) is 7.39. The van der Waals surface area contributed by atoms with Crippen LogP contribution >= 0.6 is 0 Å². The number of nitrogens with two attached hydrogens (primary N) is 2. The molecular formula is C15H21N5O. The summed E-state index contributed by atoms with van der Waals surface area (Å²) in [4.78, 5) is 11.7. The zero-order valence-corrected chi connectivity index (χ0v) is 12.2. The molecule has 0 aliphatic heterocycles. The first-order valence-electron chi connectivity index (χ1n) is 7.39. The highest BCUT2D eigenvalue weighted by Crippen LogP contribution is 2.30. The summed E-state index contributed by atoms with van der Waals surface area (Å²) in [6.45, 7) is 2.24. The van der Waals surface area contributed by atoms with Crippen molar-refractivity contribution in [2.75, 3.05) is 11.1 Å². The van der Waals surface area contributed by atoms with Gasteiger partial charge in [-0.25, -0.2) is 4.52 Å². The van der Waals surface area contributed by atoms with Crippen molar-refractivity contribution in [2.24, 2.45) is 11.7 Å². The fourth-order valence-corrected chi connectivity index (χ4v) is 3.13. The fraction of sp³-hybridized carbons (Fsp3) is 0.467. The Hall–Kier alpha value is -2.24. The highest BCUT2D eigenvalue weighted by Gasteiger charge is 2.24. The van der Waals surface area contributed by atoms with Crippen LogP contribution in [0.5, 0.6) is 0 Å². The molecule has 6 nitrogen and oxygen atoms in total. The molecule has 21 heavy (non-hydrogen) atoms. The molecular weight excluding hydrogens is 266 g/mol. The Bertz CT molecular complexity index is 678. The molecule has 112 valence electrons. The SMILES string of the molecule is C[C@H]1CCCC[C@H]1Nc1c(C(N)=O)cnn2cc(N)cc12. The van der Waals surface area contributed by atoms with Gasteiger partial charge in [-0.1, -0.05) is 19.8 Å². The number of nitrogens with zero attached hydrogens (tertiary/aromatic N) is 2. The Morgan fingerprint density at radius 2 is 2.19 bits per heavy atom. The van der Waals surface area contributed by atoms with Crippen LogP contribution in [0.1, 0.15) is 43.0 Å². The van der Waals surface area contributed by atoms with Gasteiger partial charge >= 0.3 is 0 Å². The average Bonchev–Trinajstić information content (AvgIpc) is 2.82. The van der Waals surface area contributed by atoms with Gasteiger partial charge in [-0.15, -0.1) is 0 Å². The van der Waals surface area contributed by atoms with E-state index >= 15 is 0 Å². The summed E-state index contributed by atoms with van der Waals surface area (Å²) in [5.74, 6) is 0.0933. The van der Waals surface area contributed by atoms with Gasteiger partial charge in [0.1, 0.15) is 0 Å².